The fraction of sp³-hybridized carbons (Fsp3) is 0.130. The van der Waals surface area contributed by atoms with Gasteiger partial charge in [0.15, 0.2) is 5.65 Å². The van der Waals surface area contributed by atoms with Gasteiger partial charge in [-0.2, -0.15) is 10.2 Å². The third-order valence-corrected chi connectivity index (χ3v) is 8.04. The summed E-state index contributed by atoms with van der Waals surface area (Å²) in [4.78, 5) is 18.2. The van der Waals surface area contributed by atoms with Crippen molar-refractivity contribution in [2.45, 2.75) is 17.9 Å². The van der Waals surface area contributed by atoms with Gasteiger partial charge in [0.25, 0.3) is 5.56 Å². The molecule has 0 saturated heterocycles. The Labute approximate surface area is 202 Å². The van der Waals surface area contributed by atoms with Crippen LogP contribution in [0.15, 0.2) is 64.5 Å². The molecule has 35 heavy (non-hydrogen) atoms. The van der Waals surface area contributed by atoms with Gasteiger partial charge in [-0.25, -0.2) is 23.2 Å². The lowest BCUT2D eigenvalue weighted by molar-refractivity contribution is 0.597. The van der Waals surface area contributed by atoms with Crippen LogP contribution in [0, 0.1) is 0 Å². The van der Waals surface area contributed by atoms with Crippen molar-refractivity contribution in [3.8, 4) is 0 Å². The van der Waals surface area contributed by atoms with Crippen LogP contribution in [0.4, 0.5) is 0 Å². The number of nitrogens with zero attached hydrogens (tertiary/aromatic N) is 5. The lowest BCUT2D eigenvalue weighted by Gasteiger charge is -2.07. The van der Waals surface area contributed by atoms with E-state index in [1.54, 1.807) is 29.1 Å². The molecule has 0 amide bonds. The standard InChI is InChI=1S/C23H19N7O3S2/c1-29-20-17(11-26-30(23(20)31)12-14-5-3-7-18-16(14)10-25-28-18)21-22(29)27-19(34-21)9-13-4-2-6-15(8-13)35(24,32)33/h2-8,10-11H,9,12H2,1H3,(H,25,28)(H2,24,32,33). The van der Waals surface area contributed by atoms with E-state index in [1.807, 2.05) is 31.3 Å². The molecule has 176 valence electrons. The molecule has 2 aromatic carbocycles. The van der Waals surface area contributed by atoms with Crippen molar-refractivity contribution < 1.29 is 8.42 Å². The first-order chi connectivity index (χ1) is 16.8. The van der Waals surface area contributed by atoms with E-state index in [9.17, 15) is 13.2 Å². The number of benzene rings is 2. The van der Waals surface area contributed by atoms with E-state index in [2.05, 4.69) is 15.3 Å². The number of sulfonamides is 1. The molecule has 0 saturated carbocycles. The number of fused-ring (bicyclic) bond motifs is 4. The van der Waals surface area contributed by atoms with Gasteiger partial charge in [0, 0.05) is 24.2 Å². The molecule has 0 fully saturated rings. The Hall–Kier alpha value is -3.87. The second-order valence-electron chi connectivity index (χ2n) is 8.31. The number of thiazole rings is 1. The number of nitrogens with one attached hydrogen (secondary N) is 1. The van der Waals surface area contributed by atoms with Crippen LogP contribution in [0.3, 0.4) is 0 Å². The molecule has 0 bridgehead atoms. The molecule has 4 heterocycles. The Bertz CT molecular complexity index is 1930. The van der Waals surface area contributed by atoms with Crippen molar-refractivity contribution >= 4 is 53.5 Å². The van der Waals surface area contributed by atoms with E-state index in [-0.39, 0.29) is 10.5 Å². The highest BCUT2D eigenvalue weighted by Gasteiger charge is 2.19. The Morgan fingerprint density at radius 2 is 1.94 bits per heavy atom. The molecule has 0 spiro atoms. The van der Waals surface area contributed by atoms with Crippen LogP contribution >= 0.6 is 11.3 Å². The van der Waals surface area contributed by atoms with E-state index in [0.29, 0.717) is 24.1 Å². The first-order valence-electron chi connectivity index (χ1n) is 10.7. The molecule has 0 aliphatic carbocycles. The minimum atomic E-state index is -3.78. The second-order valence-corrected chi connectivity index (χ2v) is 11.0. The summed E-state index contributed by atoms with van der Waals surface area (Å²) in [7, 11) is -1.96. The molecule has 4 aromatic heterocycles. The summed E-state index contributed by atoms with van der Waals surface area (Å²) in [6.45, 7) is 0.323. The van der Waals surface area contributed by atoms with Gasteiger partial charge in [0.05, 0.1) is 34.1 Å². The van der Waals surface area contributed by atoms with Gasteiger partial charge in [-0.05, 0) is 29.3 Å². The average Bonchev–Trinajstić information content (AvgIpc) is 3.52. The van der Waals surface area contributed by atoms with Gasteiger partial charge in [0.2, 0.25) is 10.0 Å². The maximum absolute atomic E-state index is 13.4. The van der Waals surface area contributed by atoms with Crippen molar-refractivity contribution in [2.24, 2.45) is 12.2 Å². The Balaban J connectivity index is 1.39. The summed E-state index contributed by atoms with van der Waals surface area (Å²) in [5.74, 6) is 0. The number of rotatable bonds is 5. The highest BCUT2D eigenvalue weighted by Crippen LogP contribution is 2.32. The number of aryl methyl sites for hydroxylation is 1. The summed E-state index contributed by atoms with van der Waals surface area (Å²) < 4.78 is 27.5. The van der Waals surface area contributed by atoms with Gasteiger partial charge < -0.3 is 4.57 Å². The fourth-order valence-electron chi connectivity index (χ4n) is 4.36. The van der Waals surface area contributed by atoms with Crippen LogP contribution in [0.1, 0.15) is 16.1 Å². The number of hydrogen-bond donors (Lipinski definition) is 2. The largest absolute Gasteiger partial charge is 0.323 e. The lowest BCUT2D eigenvalue weighted by atomic mass is 10.1. The Kier molecular flexibility index (Phi) is 4.85. The van der Waals surface area contributed by atoms with Crippen molar-refractivity contribution in [1.82, 2.24) is 29.5 Å². The summed E-state index contributed by atoms with van der Waals surface area (Å²) in [6.07, 6.45) is 3.90. The van der Waals surface area contributed by atoms with Gasteiger partial charge in [-0.1, -0.05) is 24.3 Å². The summed E-state index contributed by atoms with van der Waals surface area (Å²) >= 11 is 1.46. The Morgan fingerprint density at radius 1 is 1.11 bits per heavy atom. The number of primary sulfonamides is 1. The molecule has 0 aliphatic heterocycles. The third kappa shape index (κ3) is 3.62. The van der Waals surface area contributed by atoms with Crippen LogP contribution in [-0.2, 0) is 30.0 Å². The molecule has 3 N–H and O–H groups in total. The number of H-pyrrole nitrogens is 1. The Morgan fingerprint density at radius 3 is 2.77 bits per heavy atom. The molecule has 0 atom stereocenters. The SMILES string of the molecule is Cn1c2nc(Cc3cccc(S(N)(=O)=O)c3)sc2c2cnn(Cc3cccc4[nH]ncc34)c(=O)c21. The van der Waals surface area contributed by atoms with Crippen molar-refractivity contribution in [3.05, 3.63) is 81.3 Å². The molecule has 0 aliphatic rings. The predicted octanol–water partition coefficient (Wildman–Crippen LogP) is 2.51. The van der Waals surface area contributed by atoms with Crippen molar-refractivity contribution in [3.63, 3.8) is 0 Å². The molecular weight excluding hydrogens is 486 g/mol. The second kappa shape index (κ2) is 7.83. The summed E-state index contributed by atoms with van der Waals surface area (Å²) in [5, 5.41) is 19.2. The zero-order valence-electron chi connectivity index (χ0n) is 18.5. The van der Waals surface area contributed by atoms with Gasteiger partial charge in [-0.15, -0.1) is 11.3 Å². The maximum Gasteiger partial charge on any atom is 0.291 e. The van der Waals surface area contributed by atoms with E-state index >= 15 is 0 Å². The maximum atomic E-state index is 13.4. The predicted molar refractivity (Wildman–Crippen MR) is 134 cm³/mol. The minimum absolute atomic E-state index is 0.0671. The van der Waals surface area contributed by atoms with Crippen molar-refractivity contribution in [1.29, 1.82) is 0 Å². The van der Waals surface area contributed by atoms with E-state index in [1.165, 1.54) is 22.1 Å². The number of nitrogens with two attached hydrogens (primary N) is 1. The topological polar surface area (TPSA) is 142 Å². The molecule has 10 nitrogen and oxygen atoms in total. The highest BCUT2D eigenvalue weighted by atomic mass is 32.2. The van der Waals surface area contributed by atoms with Crippen LogP contribution in [0.25, 0.3) is 32.2 Å². The molecule has 6 rings (SSSR count). The zero-order valence-corrected chi connectivity index (χ0v) is 20.1. The summed E-state index contributed by atoms with van der Waals surface area (Å²) in [6, 6.07) is 12.3. The highest BCUT2D eigenvalue weighted by molar-refractivity contribution is 7.89. The van der Waals surface area contributed by atoms with Crippen LogP contribution in [-0.4, -0.2) is 37.9 Å². The minimum Gasteiger partial charge on any atom is -0.323 e. The first kappa shape index (κ1) is 21.6. The molecule has 6 aromatic rings. The quantitative estimate of drug-likeness (QED) is 0.369. The normalized spacial score (nSPS) is 12.3. The van der Waals surface area contributed by atoms with Gasteiger partial charge in [-0.3, -0.25) is 9.89 Å². The van der Waals surface area contributed by atoms with Crippen LogP contribution < -0.4 is 10.7 Å². The average molecular weight is 506 g/mol. The van der Waals surface area contributed by atoms with E-state index < -0.39 is 10.0 Å². The smallest absolute Gasteiger partial charge is 0.291 e. The van der Waals surface area contributed by atoms with E-state index in [0.717, 1.165) is 37.1 Å². The molecule has 12 heteroatoms. The monoisotopic (exact) mass is 505 g/mol. The number of aromatic amines is 1. The first-order valence-corrected chi connectivity index (χ1v) is 13.0. The van der Waals surface area contributed by atoms with Gasteiger partial charge in [0.1, 0.15) is 10.5 Å². The van der Waals surface area contributed by atoms with Gasteiger partial charge >= 0.3 is 0 Å². The lowest BCUT2D eigenvalue weighted by Crippen LogP contribution is -2.24. The number of aromatic nitrogens is 6. The van der Waals surface area contributed by atoms with Crippen molar-refractivity contribution in [2.75, 3.05) is 0 Å². The zero-order chi connectivity index (χ0) is 24.3. The molecule has 0 radical (unpaired) electrons. The number of hydrogen-bond acceptors (Lipinski definition) is 7. The summed E-state index contributed by atoms with van der Waals surface area (Å²) in [5.41, 5.74) is 3.67. The van der Waals surface area contributed by atoms with Crippen LogP contribution in [0.2, 0.25) is 0 Å². The fourth-order valence-corrected chi connectivity index (χ4v) is 6.08. The van der Waals surface area contributed by atoms with Crippen LogP contribution in [0.5, 0.6) is 0 Å². The molecular formula is C23H19N7O3S2. The molecule has 0 unspecified atom stereocenters. The third-order valence-electron chi connectivity index (χ3n) is 6.05. The van der Waals surface area contributed by atoms with E-state index in [4.69, 9.17) is 10.1 Å².